The van der Waals surface area contributed by atoms with Crippen LogP contribution in [0.15, 0.2) is 59.2 Å². The zero-order valence-corrected chi connectivity index (χ0v) is 26.6. The number of benzene rings is 1. The van der Waals surface area contributed by atoms with E-state index in [1.165, 1.54) is 31.1 Å². The van der Waals surface area contributed by atoms with Crippen LogP contribution in [-0.4, -0.2) is 41.3 Å². The quantitative estimate of drug-likeness (QED) is 0.187. The molecule has 0 saturated carbocycles. The number of nitrogens with zero attached hydrogens (tertiary/aromatic N) is 2. The van der Waals surface area contributed by atoms with E-state index in [0.29, 0.717) is 18.2 Å². The Morgan fingerprint density at radius 2 is 1.84 bits per heavy atom. The lowest BCUT2D eigenvalue weighted by Crippen LogP contribution is -2.23. The fraction of sp³-hybridized carbons (Fsp3) is 0.500. The van der Waals surface area contributed by atoms with Crippen molar-refractivity contribution in [2.45, 2.75) is 87.1 Å². The molecule has 7 nitrogen and oxygen atoms in total. The first-order chi connectivity index (χ1) is 18.3. The zero-order chi connectivity index (χ0) is 29.8. The monoisotopic (exact) mass is 594 g/mol. The number of carbonyl (C=O) groups is 1. The van der Waals surface area contributed by atoms with Gasteiger partial charge in [-0.3, -0.25) is 4.79 Å². The van der Waals surface area contributed by atoms with Crippen LogP contribution in [0.25, 0.3) is 0 Å². The van der Waals surface area contributed by atoms with E-state index in [1.54, 1.807) is 12.3 Å². The van der Waals surface area contributed by atoms with Crippen LogP contribution < -0.4 is 10.6 Å². The highest BCUT2D eigenvalue weighted by Gasteiger charge is 2.10. The number of aliphatic hydroxyl groups is 1. The molecule has 0 amide bonds. The van der Waals surface area contributed by atoms with Gasteiger partial charge in [-0.1, -0.05) is 70.9 Å². The SMILES string of the molecule is C/C=C(\C)CCC.C=CC.CC.CCc1cccc(Nc2ncc(Br)c(NC(CC)CO)n2)c1.COC=O. The molecule has 1 aromatic heterocycles. The Morgan fingerprint density at radius 1 is 1.24 bits per heavy atom. The van der Waals surface area contributed by atoms with Gasteiger partial charge in [-0.15, -0.1) is 6.58 Å². The van der Waals surface area contributed by atoms with Crippen LogP contribution in [0.5, 0.6) is 0 Å². The Labute approximate surface area is 240 Å². The topological polar surface area (TPSA) is 96.4 Å². The smallest absolute Gasteiger partial charge is 0.292 e. The standard InChI is InChI=1S/C16H21BrN4O.C7H14.C3H6.C2H4O2.C2H6/c1-3-11-6-5-7-13(8-11)20-16-18-9-14(17)15(21-16)19-12(4-2)10-22;1-4-6-7(3)5-2;1-3-2;1-4-2-3;1-2/h5-9,12,22H,3-4,10H2,1-2H3,(H2,18,19,20,21);5H,4,6H2,1-3H3;3H,1H2,2H3;2H,1H3;1-2H3/b;7-5+;;;. The highest BCUT2D eigenvalue weighted by atomic mass is 79.9. The predicted octanol–water partition coefficient (Wildman–Crippen LogP) is 8.49. The number of anilines is 3. The molecule has 1 unspecified atom stereocenters. The van der Waals surface area contributed by atoms with Crippen molar-refractivity contribution in [2.24, 2.45) is 0 Å². The summed E-state index contributed by atoms with van der Waals surface area (Å²) in [6.45, 7) is 20.3. The van der Waals surface area contributed by atoms with E-state index in [4.69, 9.17) is 4.79 Å². The van der Waals surface area contributed by atoms with Gasteiger partial charge in [-0.25, -0.2) is 4.98 Å². The van der Waals surface area contributed by atoms with Gasteiger partial charge in [-0.2, -0.15) is 4.98 Å². The molecular formula is C30H51BrN4O3. The minimum atomic E-state index is -0.0255. The molecule has 216 valence electrons. The summed E-state index contributed by atoms with van der Waals surface area (Å²) in [5.74, 6) is 1.19. The summed E-state index contributed by atoms with van der Waals surface area (Å²) in [5.41, 5.74) is 3.72. The molecule has 1 atom stereocenters. The van der Waals surface area contributed by atoms with Crippen molar-refractivity contribution < 1.29 is 14.6 Å². The summed E-state index contributed by atoms with van der Waals surface area (Å²) >= 11 is 3.43. The first-order valence-electron chi connectivity index (χ1n) is 13.2. The highest BCUT2D eigenvalue weighted by Crippen LogP contribution is 2.23. The number of methoxy groups -OCH3 is 1. The number of halogens is 1. The Morgan fingerprint density at radius 3 is 2.26 bits per heavy atom. The second-order valence-corrected chi connectivity index (χ2v) is 8.48. The van der Waals surface area contributed by atoms with Crippen LogP contribution >= 0.6 is 15.9 Å². The number of carbonyl (C=O) groups excluding carboxylic acids is 1. The summed E-state index contributed by atoms with van der Waals surface area (Å²) in [6, 6.07) is 8.15. The van der Waals surface area contributed by atoms with E-state index in [-0.39, 0.29) is 12.6 Å². The summed E-state index contributed by atoms with van der Waals surface area (Å²) in [7, 11) is 1.31. The normalized spacial score (nSPS) is 10.2. The summed E-state index contributed by atoms with van der Waals surface area (Å²) < 4.78 is 4.63. The van der Waals surface area contributed by atoms with Gasteiger partial charge in [0.15, 0.2) is 0 Å². The van der Waals surface area contributed by atoms with E-state index in [2.05, 4.69) is 93.8 Å². The Balaban J connectivity index is -0.000000631. The Kier molecular flexibility index (Phi) is 30.2. The van der Waals surface area contributed by atoms with Gasteiger partial charge >= 0.3 is 0 Å². The number of aromatic nitrogens is 2. The van der Waals surface area contributed by atoms with Crippen LogP contribution in [-0.2, 0) is 16.0 Å². The van der Waals surface area contributed by atoms with Gasteiger partial charge in [-0.05, 0) is 73.7 Å². The van der Waals surface area contributed by atoms with Crippen LogP contribution in [0.3, 0.4) is 0 Å². The molecule has 1 aromatic carbocycles. The van der Waals surface area contributed by atoms with Crippen molar-refractivity contribution >= 4 is 39.9 Å². The average molecular weight is 596 g/mol. The Hall–Kier alpha value is -2.71. The molecule has 2 aromatic rings. The van der Waals surface area contributed by atoms with Crippen molar-refractivity contribution in [1.29, 1.82) is 0 Å². The fourth-order valence-corrected chi connectivity index (χ4v) is 2.84. The van der Waals surface area contributed by atoms with Crippen molar-refractivity contribution in [1.82, 2.24) is 9.97 Å². The van der Waals surface area contributed by atoms with E-state index in [0.717, 1.165) is 23.0 Å². The van der Waals surface area contributed by atoms with Gasteiger partial charge in [0.25, 0.3) is 6.47 Å². The second kappa shape index (κ2) is 28.9. The summed E-state index contributed by atoms with van der Waals surface area (Å²) in [6.07, 6.45) is 9.95. The van der Waals surface area contributed by atoms with Crippen LogP contribution in [0, 0.1) is 0 Å². The van der Waals surface area contributed by atoms with Crippen LogP contribution in [0.1, 0.15) is 80.2 Å². The lowest BCUT2D eigenvalue weighted by molar-refractivity contribution is -0.126. The Bertz CT molecular complexity index is 872. The highest BCUT2D eigenvalue weighted by molar-refractivity contribution is 9.10. The molecule has 3 N–H and O–H groups in total. The number of hydrogen-bond acceptors (Lipinski definition) is 7. The number of rotatable bonds is 10. The molecule has 0 saturated heterocycles. The van der Waals surface area contributed by atoms with Crippen LogP contribution in [0.4, 0.5) is 17.5 Å². The third-order valence-electron chi connectivity index (χ3n) is 4.62. The van der Waals surface area contributed by atoms with Crippen molar-refractivity contribution in [2.75, 3.05) is 24.4 Å². The van der Waals surface area contributed by atoms with E-state index >= 15 is 0 Å². The summed E-state index contributed by atoms with van der Waals surface area (Å²) in [5, 5.41) is 15.7. The van der Waals surface area contributed by atoms with Crippen molar-refractivity contribution in [3.63, 3.8) is 0 Å². The first kappa shape index (κ1) is 39.8. The third kappa shape index (κ3) is 21.4. The summed E-state index contributed by atoms with van der Waals surface area (Å²) in [4.78, 5) is 17.7. The predicted molar refractivity (Wildman–Crippen MR) is 168 cm³/mol. The second-order valence-electron chi connectivity index (χ2n) is 7.63. The fourth-order valence-electron chi connectivity index (χ4n) is 2.54. The third-order valence-corrected chi connectivity index (χ3v) is 5.20. The largest absolute Gasteiger partial charge is 0.471 e. The minimum Gasteiger partial charge on any atom is -0.471 e. The number of nitrogens with one attached hydrogen (secondary N) is 2. The van der Waals surface area contributed by atoms with Gasteiger partial charge < -0.3 is 20.5 Å². The number of hydrogen-bond donors (Lipinski definition) is 3. The molecule has 0 fully saturated rings. The average Bonchev–Trinajstić information content (AvgIpc) is 2.95. The number of aliphatic hydroxyl groups excluding tert-OH is 1. The maximum absolute atomic E-state index is 9.30. The molecule has 1 heterocycles. The number of ether oxygens (including phenoxy) is 1. The maximum Gasteiger partial charge on any atom is 0.292 e. The molecule has 0 aliphatic rings. The lowest BCUT2D eigenvalue weighted by Gasteiger charge is -2.16. The molecule has 0 bridgehead atoms. The van der Waals surface area contributed by atoms with Gasteiger partial charge in [0.05, 0.1) is 24.2 Å². The van der Waals surface area contributed by atoms with E-state index in [1.807, 2.05) is 39.8 Å². The van der Waals surface area contributed by atoms with E-state index in [9.17, 15) is 5.11 Å². The molecule has 0 aliphatic heterocycles. The molecule has 0 spiro atoms. The number of aryl methyl sites for hydroxylation is 1. The van der Waals surface area contributed by atoms with E-state index < -0.39 is 0 Å². The van der Waals surface area contributed by atoms with Crippen molar-refractivity contribution in [3.8, 4) is 0 Å². The molecular weight excluding hydrogens is 544 g/mol. The van der Waals surface area contributed by atoms with Gasteiger partial charge in [0.2, 0.25) is 5.95 Å². The van der Waals surface area contributed by atoms with Gasteiger partial charge in [0.1, 0.15) is 5.82 Å². The molecule has 0 aliphatic carbocycles. The zero-order valence-electron chi connectivity index (χ0n) is 25.0. The molecule has 2 rings (SSSR count). The maximum atomic E-state index is 9.30. The minimum absolute atomic E-state index is 0.0255. The van der Waals surface area contributed by atoms with Crippen LogP contribution in [0.2, 0.25) is 0 Å². The molecule has 38 heavy (non-hydrogen) atoms. The first-order valence-corrected chi connectivity index (χ1v) is 14.0. The lowest BCUT2D eigenvalue weighted by atomic mass is 10.1. The molecule has 8 heteroatoms. The molecule has 0 radical (unpaired) electrons. The number of allylic oxidation sites excluding steroid dienone is 3. The van der Waals surface area contributed by atoms with Crippen molar-refractivity contribution in [3.05, 3.63) is 64.8 Å². The van der Waals surface area contributed by atoms with Gasteiger partial charge in [0, 0.05) is 11.9 Å².